The summed E-state index contributed by atoms with van der Waals surface area (Å²) in [6.07, 6.45) is 4.12. The lowest BCUT2D eigenvalue weighted by atomic mass is 10.1. The van der Waals surface area contributed by atoms with Gasteiger partial charge in [0.15, 0.2) is 0 Å². The zero-order chi connectivity index (χ0) is 13.5. The monoisotopic (exact) mass is 322 g/mol. The molecule has 0 atom stereocenters. The Bertz CT molecular complexity index is 531. The Morgan fingerprint density at radius 3 is 2.95 bits per heavy atom. The summed E-state index contributed by atoms with van der Waals surface area (Å²) < 4.78 is 6.62. The van der Waals surface area contributed by atoms with E-state index >= 15 is 0 Å². The van der Waals surface area contributed by atoms with Crippen LogP contribution in [0.1, 0.15) is 19.8 Å². The highest BCUT2D eigenvalue weighted by molar-refractivity contribution is 9.10. The maximum Gasteiger partial charge on any atom is 0.133 e. The number of fused-ring (bicyclic) bond motifs is 1. The minimum absolute atomic E-state index is 0.714. The van der Waals surface area contributed by atoms with E-state index in [2.05, 4.69) is 39.2 Å². The van der Waals surface area contributed by atoms with E-state index in [9.17, 15) is 0 Å². The van der Waals surface area contributed by atoms with Crippen molar-refractivity contribution in [2.75, 3.05) is 25.1 Å². The molecule has 3 nitrogen and oxygen atoms in total. The topological polar surface area (TPSA) is 34.1 Å². The number of hydrogen-bond acceptors (Lipinski definition) is 3. The molecule has 0 radical (unpaired) electrons. The van der Waals surface area contributed by atoms with Crippen LogP contribution in [-0.2, 0) is 4.74 Å². The van der Waals surface area contributed by atoms with Gasteiger partial charge in [0.25, 0.3) is 0 Å². The van der Waals surface area contributed by atoms with Crippen molar-refractivity contribution < 1.29 is 4.74 Å². The maximum absolute atomic E-state index is 5.53. The summed E-state index contributed by atoms with van der Waals surface area (Å²) in [6.45, 7) is 4.50. The number of halogens is 1. The summed E-state index contributed by atoms with van der Waals surface area (Å²) in [7, 11) is 0. The molecule has 0 aliphatic heterocycles. The van der Waals surface area contributed by atoms with Gasteiger partial charge in [0.2, 0.25) is 0 Å². The van der Waals surface area contributed by atoms with Gasteiger partial charge in [0.05, 0.1) is 6.61 Å². The summed E-state index contributed by atoms with van der Waals surface area (Å²) in [4.78, 5) is 4.39. The predicted octanol–water partition coefficient (Wildman–Crippen LogP) is 4.23. The highest BCUT2D eigenvalue weighted by atomic mass is 79.9. The normalized spacial score (nSPS) is 10.8. The standard InChI is InChI=1S/C15H19BrN2O/c1-2-3-10-19-11-9-18-15-13-5-4-6-14(16)12(13)7-8-17-15/h4-8H,2-3,9-11H2,1H3,(H,17,18). The molecule has 0 aliphatic rings. The lowest BCUT2D eigenvalue weighted by Crippen LogP contribution is -2.11. The molecule has 0 spiro atoms. The highest BCUT2D eigenvalue weighted by Crippen LogP contribution is 2.27. The number of hydrogen-bond donors (Lipinski definition) is 1. The number of ether oxygens (including phenoxy) is 1. The number of anilines is 1. The largest absolute Gasteiger partial charge is 0.380 e. The molecule has 2 rings (SSSR count). The quantitative estimate of drug-likeness (QED) is 0.775. The summed E-state index contributed by atoms with van der Waals surface area (Å²) in [5.74, 6) is 0.915. The first-order valence-electron chi connectivity index (χ1n) is 6.67. The molecular weight excluding hydrogens is 304 g/mol. The molecule has 0 saturated carbocycles. The van der Waals surface area contributed by atoms with Gasteiger partial charge in [-0.2, -0.15) is 0 Å². The molecule has 0 fully saturated rings. The fourth-order valence-corrected chi connectivity index (χ4v) is 2.40. The number of aromatic nitrogens is 1. The van der Waals surface area contributed by atoms with Crippen LogP contribution in [0.4, 0.5) is 5.82 Å². The second-order valence-corrected chi connectivity index (χ2v) is 5.24. The van der Waals surface area contributed by atoms with E-state index in [-0.39, 0.29) is 0 Å². The Kier molecular flexibility index (Phi) is 5.61. The van der Waals surface area contributed by atoms with Gasteiger partial charge in [0.1, 0.15) is 5.82 Å². The van der Waals surface area contributed by atoms with E-state index in [4.69, 9.17) is 4.74 Å². The number of pyridine rings is 1. The minimum Gasteiger partial charge on any atom is -0.380 e. The fourth-order valence-electron chi connectivity index (χ4n) is 1.90. The molecule has 1 N–H and O–H groups in total. The van der Waals surface area contributed by atoms with E-state index in [1.807, 2.05) is 24.4 Å². The smallest absolute Gasteiger partial charge is 0.133 e. The first-order chi connectivity index (χ1) is 9.33. The van der Waals surface area contributed by atoms with Crippen molar-refractivity contribution in [1.29, 1.82) is 0 Å². The van der Waals surface area contributed by atoms with Crippen LogP contribution in [0.2, 0.25) is 0 Å². The third-order valence-electron chi connectivity index (χ3n) is 2.93. The molecule has 1 heterocycles. The fraction of sp³-hybridized carbons (Fsp3) is 0.400. The number of nitrogens with one attached hydrogen (secondary N) is 1. The Balaban J connectivity index is 1.95. The molecule has 1 aromatic carbocycles. The van der Waals surface area contributed by atoms with Crippen molar-refractivity contribution >= 4 is 32.5 Å². The molecular formula is C15H19BrN2O. The first kappa shape index (κ1) is 14.3. The van der Waals surface area contributed by atoms with E-state index in [1.165, 1.54) is 11.8 Å². The average molecular weight is 323 g/mol. The van der Waals surface area contributed by atoms with Gasteiger partial charge in [-0.25, -0.2) is 4.98 Å². The summed E-state index contributed by atoms with van der Waals surface area (Å²) in [6, 6.07) is 8.16. The first-order valence-corrected chi connectivity index (χ1v) is 7.47. The Morgan fingerprint density at radius 1 is 1.21 bits per heavy atom. The molecule has 0 unspecified atom stereocenters. The zero-order valence-electron chi connectivity index (χ0n) is 11.2. The van der Waals surface area contributed by atoms with Crippen LogP contribution >= 0.6 is 15.9 Å². The van der Waals surface area contributed by atoms with Crippen molar-refractivity contribution in [3.8, 4) is 0 Å². The zero-order valence-corrected chi connectivity index (χ0v) is 12.7. The van der Waals surface area contributed by atoms with Crippen molar-refractivity contribution in [3.63, 3.8) is 0 Å². The van der Waals surface area contributed by atoms with Crippen LogP contribution in [0.25, 0.3) is 10.8 Å². The molecule has 0 bridgehead atoms. The number of benzene rings is 1. The summed E-state index contributed by atoms with van der Waals surface area (Å²) in [5.41, 5.74) is 0. The summed E-state index contributed by atoms with van der Waals surface area (Å²) in [5, 5.41) is 5.64. The maximum atomic E-state index is 5.53. The predicted molar refractivity (Wildman–Crippen MR) is 83.7 cm³/mol. The van der Waals surface area contributed by atoms with Crippen molar-refractivity contribution in [1.82, 2.24) is 4.98 Å². The van der Waals surface area contributed by atoms with Gasteiger partial charge in [-0.15, -0.1) is 0 Å². The van der Waals surface area contributed by atoms with Gasteiger partial charge in [-0.1, -0.05) is 41.4 Å². The molecule has 1 aromatic heterocycles. The Hall–Kier alpha value is -1.13. The van der Waals surface area contributed by atoms with Gasteiger partial charge in [0, 0.05) is 34.6 Å². The molecule has 19 heavy (non-hydrogen) atoms. The third-order valence-corrected chi connectivity index (χ3v) is 3.63. The van der Waals surface area contributed by atoms with Gasteiger partial charge >= 0.3 is 0 Å². The third kappa shape index (κ3) is 3.91. The van der Waals surface area contributed by atoms with E-state index in [0.29, 0.717) is 6.61 Å². The number of unbranched alkanes of at least 4 members (excludes halogenated alkanes) is 1. The van der Waals surface area contributed by atoms with Crippen LogP contribution in [0.5, 0.6) is 0 Å². The van der Waals surface area contributed by atoms with Crippen molar-refractivity contribution in [2.24, 2.45) is 0 Å². The van der Waals surface area contributed by atoms with Crippen LogP contribution in [0.3, 0.4) is 0 Å². The van der Waals surface area contributed by atoms with Gasteiger partial charge in [-0.05, 0) is 18.6 Å². The molecule has 102 valence electrons. The SMILES string of the molecule is CCCCOCCNc1nccc2c(Br)cccc12. The Labute approximate surface area is 122 Å². The molecule has 0 aliphatic carbocycles. The van der Waals surface area contributed by atoms with E-state index in [1.54, 1.807) is 0 Å². The Morgan fingerprint density at radius 2 is 2.11 bits per heavy atom. The van der Waals surface area contributed by atoms with E-state index in [0.717, 1.165) is 35.2 Å². The molecule has 2 aromatic rings. The van der Waals surface area contributed by atoms with Crippen LogP contribution < -0.4 is 5.32 Å². The van der Waals surface area contributed by atoms with Gasteiger partial charge < -0.3 is 10.1 Å². The lowest BCUT2D eigenvalue weighted by molar-refractivity contribution is 0.141. The lowest BCUT2D eigenvalue weighted by Gasteiger charge is -2.09. The minimum atomic E-state index is 0.714. The number of nitrogens with zero attached hydrogens (tertiary/aromatic N) is 1. The van der Waals surface area contributed by atoms with E-state index < -0.39 is 0 Å². The molecule has 4 heteroatoms. The number of rotatable bonds is 7. The van der Waals surface area contributed by atoms with Crippen molar-refractivity contribution in [3.05, 3.63) is 34.9 Å². The second kappa shape index (κ2) is 7.46. The molecule has 0 saturated heterocycles. The highest BCUT2D eigenvalue weighted by Gasteiger charge is 2.03. The second-order valence-electron chi connectivity index (χ2n) is 4.39. The van der Waals surface area contributed by atoms with Gasteiger partial charge in [-0.3, -0.25) is 0 Å². The molecule has 0 amide bonds. The summed E-state index contributed by atoms with van der Waals surface area (Å²) >= 11 is 3.56. The van der Waals surface area contributed by atoms with Crippen molar-refractivity contribution in [2.45, 2.75) is 19.8 Å². The van der Waals surface area contributed by atoms with Crippen LogP contribution in [0, 0.1) is 0 Å². The van der Waals surface area contributed by atoms with Crippen LogP contribution in [0.15, 0.2) is 34.9 Å². The van der Waals surface area contributed by atoms with Crippen LogP contribution in [-0.4, -0.2) is 24.7 Å². The average Bonchev–Trinajstić information content (AvgIpc) is 2.43.